The Labute approximate surface area is 216 Å². The van der Waals surface area contributed by atoms with Crippen LogP contribution in [0.2, 0.25) is 0 Å². The Morgan fingerprint density at radius 1 is 0.548 bits per heavy atom. The molecule has 0 aromatic heterocycles. The van der Waals surface area contributed by atoms with Crippen LogP contribution in [0.3, 0.4) is 0 Å². The second-order valence-electron chi connectivity index (χ2n) is 7.93. The van der Waals surface area contributed by atoms with Gasteiger partial charge in [-0.3, -0.25) is 0 Å². The third kappa shape index (κ3) is 53.8. The molecule has 0 amide bonds. The van der Waals surface area contributed by atoms with Crippen LogP contribution in [0.1, 0.15) is 135 Å². The first-order chi connectivity index (χ1) is 13.8. The standard InChI is InChI=1S/C22H44O2.H3O4P.2Zn/c1-2-3-4-5-6-7-8-9-10-11-12-13-14-15-16-17-18-19-20-21-22(23)24;1-5(2,3)4;;/h2-21H2,1H3,(H,23,24);(H3,1,2,3,4);;/q;;2*+2/p-4. The Balaban J connectivity index is -0.000000464. The molecule has 176 valence electrons. The molecule has 0 aliphatic heterocycles. The van der Waals surface area contributed by atoms with Crippen molar-refractivity contribution in [3.8, 4) is 0 Å². The van der Waals surface area contributed by atoms with Gasteiger partial charge in [-0.25, -0.2) is 0 Å². The molecule has 6 nitrogen and oxygen atoms in total. The molecule has 0 fully saturated rings. The SMILES string of the molecule is CCCCCCCCCCCCCCCCCCCCCC(=O)[O-].O=P([O-])([O-])[O-].[Zn+2].[Zn+2]. The summed E-state index contributed by atoms with van der Waals surface area (Å²) in [5, 5.41) is 10.3. The second kappa shape index (κ2) is 30.8. The van der Waals surface area contributed by atoms with E-state index in [2.05, 4.69) is 6.92 Å². The number of phosphoric acid groups is 1. The first-order valence-electron chi connectivity index (χ1n) is 11.7. The van der Waals surface area contributed by atoms with Gasteiger partial charge in [-0.2, -0.15) is 7.82 Å². The van der Waals surface area contributed by atoms with Crippen LogP contribution in [0.25, 0.3) is 0 Å². The summed E-state index contributed by atoms with van der Waals surface area (Å²) < 4.78 is 8.55. The van der Waals surface area contributed by atoms with E-state index in [1.807, 2.05) is 0 Å². The summed E-state index contributed by atoms with van der Waals surface area (Å²) in [5.74, 6) is -0.901. The molecule has 0 rings (SSSR count). The van der Waals surface area contributed by atoms with Gasteiger partial charge in [-0.05, 0) is 12.8 Å². The minimum atomic E-state index is -5.39. The monoisotopic (exact) mass is 562 g/mol. The summed E-state index contributed by atoms with van der Waals surface area (Å²) in [6, 6.07) is 0. The third-order valence-corrected chi connectivity index (χ3v) is 4.98. The Hall–Kier alpha value is 0.827. The summed E-state index contributed by atoms with van der Waals surface area (Å²) in [7, 11) is -5.39. The summed E-state index contributed by atoms with van der Waals surface area (Å²) in [6.07, 6.45) is 25.7. The summed E-state index contributed by atoms with van der Waals surface area (Å²) in [6.45, 7) is 2.28. The third-order valence-electron chi connectivity index (χ3n) is 4.98. The number of hydrogen-bond donors (Lipinski definition) is 0. The van der Waals surface area contributed by atoms with Crippen LogP contribution in [0.4, 0.5) is 0 Å². The summed E-state index contributed by atoms with van der Waals surface area (Å²) in [5.41, 5.74) is 0. The average molecular weight is 565 g/mol. The van der Waals surface area contributed by atoms with Gasteiger partial charge >= 0.3 is 39.0 Å². The normalized spacial score (nSPS) is 10.5. The van der Waals surface area contributed by atoms with Crippen molar-refractivity contribution in [3.63, 3.8) is 0 Å². The molecule has 31 heavy (non-hydrogen) atoms. The van der Waals surface area contributed by atoms with E-state index < -0.39 is 13.8 Å². The van der Waals surface area contributed by atoms with Gasteiger partial charge in [0.25, 0.3) is 0 Å². The molecule has 0 saturated carbocycles. The van der Waals surface area contributed by atoms with Crippen molar-refractivity contribution in [2.24, 2.45) is 0 Å². The van der Waals surface area contributed by atoms with Gasteiger partial charge in [0.05, 0.1) is 0 Å². The predicted octanol–water partition coefficient (Wildman–Crippen LogP) is 3.73. The van der Waals surface area contributed by atoms with Gasteiger partial charge in [0.1, 0.15) is 0 Å². The zero-order valence-corrected chi connectivity index (χ0v) is 26.8. The van der Waals surface area contributed by atoms with Gasteiger partial charge in [-0.15, -0.1) is 0 Å². The van der Waals surface area contributed by atoms with Gasteiger partial charge in [0.2, 0.25) is 0 Å². The molecule has 0 N–H and O–H groups in total. The molecule has 0 aromatic carbocycles. The molecule has 0 atom stereocenters. The quantitative estimate of drug-likeness (QED) is 0.126. The smallest absolute Gasteiger partial charge is 0.822 e. The number of carboxylic acids is 1. The molecule has 0 aromatic rings. The Morgan fingerprint density at radius 2 is 0.742 bits per heavy atom. The van der Waals surface area contributed by atoms with E-state index >= 15 is 0 Å². The van der Waals surface area contributed by atoms with Crippen molar-refractivity contribution < 1.29 is 68.1 Å². The van der Waals surface area contributed by atoms with Crippen LogP contribution >= 0.6 is 7.82 Å². The minimum absolute atomic E-state index is 0. The average Bonchev–Trinajstić information content (AvgIpc) is 2.62. The van der Waals surface area contributed by atoms with E-state index in [1.165, 1.54) is 109 Å². The number of hydrogen-bond acceptors (Lipinski definition) is 6. The molecule has 9 heteroatoms. The maximum Gasteiger partial charge on any atom is 2.00 e. The van der Waals surface area contributed by atoms with E-state index in [9.17, 15) is 9.90 Å². The number of rotatable bonds is 20. The fourth-order valence-corrected chi connectivity index (χ4v) is 3.35. The number of unbranched alkanes of at least 4 members (excludes halogenated alkanes) is 18. The topological polar surface area (TPSA) is 126 Å². The maximum atomic E-state index is 10.3. The molecule has 0 saturated heterocycles. The fourth-order valence-electron chi connectivity index (χ4n) is 3.35. The predicted molar refractivity (Wildman–Crippen MR) is 111 cm³/mol. The van der Waals surface area contributed by atoms with E-state index in [0.717, 1.165) is 12.8 Å². The van der Waals surface area contributed by atoms with Crippen molar-refractivity contribution in [2.75, 3.05) is 0 Å². The largest absolute Gasteiger partial charge is 2.00 e. The Kier molecular flexibility index (Phi) is 38.8. The van der Waals surface area contributed by atoms with Crippen LogP contribution in [-0.2, 0) is 48.3 Å². The number of carbonyl (C=O) groups is 1. The summed E-state index contributed by atoms with van der Waals surface area (Å²) in [4.78, 5) is 35.9. The van der Waals surface area contributed by atoms with E-state index in [-0.39, 0.29) is 45.4 Å². The maximum absolute atomic E-state index is 10.3. The first kappa shape index (κ1) is 39.1. The van der Waals surface area contributed by atoms with Gasteiger partial charge in [-0.1, -0.05) is 122 Å². The van der Waals surface area contributed by atoms with Crippen molar-refractivity contribution in [1.82, 2.24) is 0 Å². The molecule has 0 radical (unpaired) electrons. The number of carbonyl (C=O) groups excluding carboxylic acids is 1. The zero-order chi connectivity index (χ0) is 22.2. The van der Waals surface area contributed by atoms with Crippen LogP contribution in [0, 0.1) is 0 Å². The van der Waals surface area contributed by atoms with Crippen molar-refractivity contribution in [1.29, 1.82) is 0 Å². The first-order valence-corrected chi connectivity index (χ1v) is 13.2. The molecule has 0 aliphatic rings. The second-order valence-corrected chi connectivity index (χ2v) is 8.83. The van der Waals surface area contributed by atoms with Crippen LogP contribution in [0.15, 0.2) is 0 Å². The molecule has 0 heterocycles. The molecular formula is C22H43O6PZn2. The molecule has 0 spiro atoms. The van der Waals surface area contributed by atoms with Gasteiger partial charge in [0, 0.05) is 5.97 Å². The van der Waals surface area contributed by atoms with E-state index in [0.29, 0.717) is 0 Å². The van der Waals surface area contributed by atoms with Crippen molar-refractivity contribution in [3.05, 3.63) is 0 Å². The molecular weight excluding hydrogens is 522 g/mol. The van der Waals surface area contributed by atoms with Gasteiger partial charge in [0.15, 0.2) is 0 Å². The molecule has 0 bridgehead atoms. The number of aliphatic carboxylic acids is 1. The Morgan fingerprint density at radius 3 is 0.935 bits per heavy atom. The van der Waals surface area contributed by atoms with Crippen molar-refractivity contribution in [2.45, 2.75) is 135 Å². The zero-order valence-electron chi connectivity index (χ0n) is 20.0. The molecule has 0 aliphatic carbocycles. The minimum Gasteiger partial charge on any atom is -0.822 e. The van der Waals surface area contributed by atoms with Crippen LogP contribution in [-0.4, -0.2) is 5.97 Å². The van der Waals surface area contributed by atoms with Gasteiger partial charge < -0.3 is 29.1 Å². The fraction of sp³-hybridized carbons (Fsp3) is 0.955. The molecule has 0 unspecified atom stereocenters. The van der Waals surface area contributed by atoms with Crippen molar-refractivity contribution >= 4 is 13.8 Å². The van der Waals surface area contributed by atoms with Crippen LogP contribution < -0.4 is 19.8 Å². The van der Waals surface area contributed by atoms with E-state index in [4.69, 9.17) is 19.2 Å². The number of carboxylic acid groups (broad SMARTS) is 1. The summed E-state index contributed by atoms with van der Waals surface area (Å²) >= 11 is 0. The van der Waals surface area contributed by atoms with E-state index in [1.54, 1.807) is 0 Å². The van der Waals surface area contributed by atoms with Crippen LogP contribution in [0.5, 0.6) is 0 Å². The Bertz CT molecular complexity index is 386.